The zero-order chi connectivity index (χ0) is 17.3. The van der Waals surface area contributed by atoms with Gasteiger partial charge in [-0.25, -0.2) is 21.2 Å². The van der Waals surface area contributed by atoms with Crippen molar-refractivity contribution in [3.05, 3.63) is 24.0 Å². The number of hydrogen-bond donors (Lipinski definition) is 2. The van der Waals surface area contributed by atoms with Crippen LogP contribution >= 0.6 is 12.4 Å². The highest BCUT2D eigenvalue weighted by Gasteiger charge is 2.34. The Bertz CT molecular complexity index is 786. The van der Waals surface area contributed by atoms with Gasteiger partial charge >= 0.3 is 0 Å². The molecule has 1 unspecified atom stereocenters. The van der Waals surface area contributed by atoms with Crippen molar-refractivity contribution in [3.63, 3.8) is 0 Å². The number of nitrogens with one attached hydrogen (secondary N) is 1. The van der Waals surface area contributed by atoms with Gasteiger partial charge in [0, 0.05) is 19.1 Å². The molecule has 1 aliphatic heterocycles. The molecule has 1 aliphatic rings. The molecule has 7 nitrogen and oxygen atoms in total. The molecule has 1 atom stereocenters. The Balaban J connectivity index is 0.00000288. The second-order valence-corrected chi connectivity index (χ2v) is 9.20. The lowest BCUT2D eigenvalue weighted by Crippen LogP contribution is -2.39. The zero-order valence-corrected chi connectivity index (χ0v) is 15.6. The molecule has 0 radical (unpaired) electrons. The second-order valence-electron chi connectivity index (χ2n) is 5.29. The summed E-state index contributed by atoms with van der Waals surface area (Å²) in [7, 11) is -7.49. The van der Waals surface area contributed by atoms with Crippen LogP contribution in [0.3, 0.4) is 0 Å². The molecule has 11 heteroatoms. The van der Waals surface area contributed by atoms with E-state index in [1.807, 2.05) is 0 Å². The van der Waals surface area contributed by atoms with E-state index in [4.69, 9.17) is 5.73 Å². The topological polar surface area (TPSA) is 110 Å². The summed E-state index contributed by atoms with van der Waals surface area (Å²) >= 11 is 0. The summed E-state index contributed by atoms with van der Waals surface area (Å²) in [6.07, 6.45) is 1.38. The number of anilines is 1. The minimum absolute atomic E-state index is 0. The lowest BCUT2D eigenvalue weighted by Gasteiger charge is -2.23. The van der Waals surface area contributed by atoms with E-state index >= 15 is 0 Å². The van der Waals surface area contributed by atoms with Gasteiger partial charge < -0.3 is 5.73 Å². The van der Waals surface area contributed by atoms with Gasteiger partial charge in [0.15, 0.2) is 0 Å². The Morgan fingerprint density at radius 3 is 2.54 bits per heavy atom. The summed E-state index contributed by atoms with van der Waals surface area (Å²) in [5.41, 5.74) is 5.31. The van der Waals surface area contributed by atoms with Gasteiger partial charge in [0.05, 0.1) is 16.3 Å². The molecule has 0 aliphatic carbocycles. The third kappa shape index (κ3) is 4.37. The first-order valence-electron chi connectivity index (χ1n) is 7.23. The first-order valence-corrected chi connectivity index (χ1v) is 10.3. The summed E-state index contributed by atoms with van der Waals surface area (Å²) in [4.78, 5) is -0.213. The lowest BCUT2D eigenvalue weighted by molar-refractivity contribution is 0.393. The summed E-state index contributed by atoms with van der Waals surface area (Å²) in [6.45, 7) is 1.96. The minimum atomic E-state index is -3.85. The molecule has 1 aromatic rings. The molecule has 0 saturated carbocycles. The number of nitrogens with two attached hydrogens (primary N) is 1. The number of rotatable bonds is 6. The maximum absolute atomic E-state index is 14.1. The van der Waals surface area contributed by atoms with Crippen molar-refractivity contribution >= 4 is 38.1 Å². The van der Waals surface area contributed by atoms with Crippen molar-refractivity contribution in [3.8, 4) is 0 Å². The Kier molecular flexibility index (Phi) is 7.00. The first kappa shape index (κ1) is 21.1. The number of hydrogen-bond acceptors (Lipinski definition) is 5. The van der Waals surface area contributed by atoms with Crippen LogP contribution in [0.2, 0.25) is 0 Å². The molecular weight excluding hydrogens is 381 g/mol. The second kappa shape index (κ2) is 7.96. The highest BCUT2D eigenvalue weighted by Crippen LogP contribution is 2.27. The number of benzene rings is 1. The van der Waals surface area contributed by atoms with E-state index in [-0.39, 0.29) is 41.3 Å². The molecule has 0 amide bonds. The molecular formula is C13H21ClFN3O4S2. The minimum Gasteiger partial charge on any atom is -0.329 e. The number of sulfonamides is 2. The van der Waals surface area contributed by atoms with Crippen molar-refractivity contribution in [2.45, 2.75) is 30.7 Å². The van der Waals surface area contributed by atoms with Crippen molar-refractivity contribution in [1.29, 1.82) is 0 Å². The predicted molar refractivity (Wildman–Crippen MR) is 92.7 cm³/mol. The van der Waals surface area contributed by atoms with Gasteiger partial charge in [-0.3, -0.25) is 4.72 Å². The lowest BCUT2D eigenvalue weighted by atomic mass is 10.2. The average molecular weight is 402 g/mol. The first-order chi connectivity index (χ1) is 10.7. The van der Waals surface area contributed by atoms with Crippen LogP contribution in [-0.4, -0.2) is 46.0 Å². The van der Waals surface area contributed by atoms with Crippen LogP contribution in [0.1, 0.15) is 19.8 Å². The van der Waals surface area contributed by atoms with Crippen LogP contribution in [0.15, 0.2) is 23.1 Å². The third-order valence-electron chi connectivity index (χ3n) is 3.79. The molecule has 0 bridgehead atoms. The van der Waals surface area contributed by atoms with E-state index in [9.17, 15) is 21.2 Å². The summed E-state index contributed by atoms with van der Waals surface area (Å²) < 4.78 is 65.5. The van der Waals surface area contributed by atoms with Crippen LogP contribution in [0.4, 0.5) is 10.1 Å². The van der Waals surface area contributed by atoms with E-state index < -0.39 is 25.9 Å². The van der Waals surface area contributed by atoms with Crippen LogP contribution < -0.4 is 10.5 Å². The fourth-order valence-electron chi connectivity index (χ4n) is 2.48. The third-order valence-corrected chi connectivity index (χ3v) is 7.03. The van der Waals surface area contributed by atoms with E-state index in [1.165, 1.54) is 17.3 Å². The Morgan fingerprint density at radius 2 is 2.00 bits per heavy atom. The predicted octanol–water partition coefficient (Wildman–Crippen LogP) is 1.12. The normalized spacial score (nSPS) is 19.0. The van der Waals surface area contributed by atoms with Crippen molar-refractivity contribution < 1.29 is 21.2 Å². The molecule has 24 heavy (non-hydrogen) atoms. The van der Waals surface area contributed by atoms with Crippen LogP contribution in [0.25, 0.3) is 0 Å². The Morgan fingerprint density at radius 1 is 1.33 bits per heavy atom. The van der Waals surface area contributed by atoms with E-state index in [1.54, 1.807) is 0 Å². The monoisotopic (exact) mass is 401 g/mol. The fourth-order valence-corrected chi connectivity index (χ4v) is 4.84. The van der Waals surface area contributed by atoms with E-state index in [0.29, 0.717) is 19.4 Å². The van der Waals surface area contributed by atoms with Crippen LogP contribution in [0, 0.1) is 5.82 Å². The molecule has 2 rings (SSSR count). The molecule has 0 spiro atoms. The highest BCUT2D eigenvalue weighted by atomic mass is 35.5. The molecule has 1 saturated heterocycles. The van der Waals surface area contributed by atoms with Crippen molar-refractivity contribution in [2.24, 2.45) is 5.73 Å². The van der Waals surface area contributed by atoms with Crippen molar-refractivity contribution in [2.75, 3.05) is 23.6 Å². The maximum Gasteiger partial charge on any atom is 0.243 e. The Labute approximate surface area is 147 Å². The summed E-state index contributed by atoms with van der Waals surface area (Å²) in [6, 6.07) is 2.84. The van der Waals surface area contributed by atoms with Gasteiger partial charge in [0.1, 0.15) is 5.82 Å². The smallest absolute Gasteiger partial charge is 0.243 e. The molecule has 1 fully saturated rings. The summed E-state index contributed by atoms with van der Waals surface area (Å²) in [5, 5.41) is 0. The standard InChI is InChI=1S/C13H20FN3O4S2.ClH/c1-2-22(18,19)16-13-6-5-11(8-12(13)14)23(20,21)17-7-3-4-10(17)9-15;/h5-6,8,10,16H,2-4,7,9,15H2,1H3;1H. The fraction of sp³-hybridized carbons (Fsp3) is 0.538. The maximum atomic E-state index is 14.1. The van der Waals surface area contributed by atoms with E-state index in [0.717, 1.165) is 12.1 Å². The van der Waals surface area contributed by atoms with Crippen LogP contribution in [0.5, 0.6) is 0 Å². The molecule has 3 N–H and O–H groups in total. The van der Waals surface area contributed by atoms with Gasteiger partial charge in [0.2, 0.25) is 20.0 Å². The zero-order valence-electron chi connectivity index (χ0n) is 13.1. The largest absolute Gasteiger partial charge is 0.329 e. The highest BCUT2D eigenvalue weighted by molar-refractivity contribution is 7.92. The van der Waals surface area contributed by atoms with E-state index in [2.05, 4.69) is 4.72 Å². The molecule has 1 aromatic carbocycles. The Hall–Kier alpha value is -0.940. The number of halogens is 2. The average Bonchev–Trinajstić information content (AvgIpc) is 2.98. The van der Waals surface area contributed by atoms with Gasteiger partial charge in [-0.05, 0) is 38.0 Å². The summed E-state index contributed by atoms with van der Waals surface area (Å²) in [5.74, 6) is -1.15. The molecule has 0 aromatic heterocycles. The van der Waals surface area contributed by atoms with Crippen molar-refractivity contribution in [1.82, 2.24) is 4.31 Å². The SMILES string of the molecule is CCS(=O)(=O)Nc1ccc(S(=O)(=O)N2CCCC2CN)cc1F.Cl. The van der Waals surface area contributed by atoms with Gasteiger partial charge in [-0.1, -0.05) is 0 Å². The number of nitrogens with zero attached hydrogens (tertiary/aromatic N) is 1. The molecule has 1 heterocycles. The van der Waals surface area contributed by atoms with Gasteiger partial charge in [-0.2, -0.15) is 4.31 Å². The van der Waals surface area contributed by atoms with Crippen LogP contribution in [-0.2, 0) is 20.0 Å². The molecule has 138 valence electrons. The quantitative estimate of drug-likeness (QED) is 0.742. The van der Waals surface area contributed by atoms with Gasteiger partial charge in [-0.15, -0.1) is 12.4 Å². The van der Waals surface area contributed by atoms with Gasteiger partial charge in [0.25, 0.3) is 0 Å².